The van der Waals surface area contributed by atoms with Crippen molar-refractivity contribution < 1.29 is 9.53 Å². The van der Waals surface area contributed by atoms with Gasteiger partial charge in [-0.1, -0.05) is 0 Å². The molecule has 0 amide bonds. The molecule has 1 rings (SSSR count). The maximum Gasteiger partial charge on any atom is 0.305 e. The van der Waals surface area contributed by atoms with Crippen LogP contribution in [0.2, 0.25) is 0 Å². The lowest BCUT2D eigenvalue weighted by molar-refractivity contribution is -0.143. The predicted octanol–water partition coefficient (Wildman–Crippen LogP) is 1.51. The second kappa shape index (κ2) is 6.54. The van der Waals surface area contributed by atoms with Gasteiger partial charge in [-0.25, -0.2) is 4.98 Å². The monoisotopic (exact) mass is 253 g/mol. The molecule has 0 bridgehead atoms. The highest BCUT2D eigenvalue weighted by Gasteiger charge is 2.14. The first kappa shape index (κ1) is 14.7. The van der Waals surface area contributed by atoms with Crippen LogP contribution in [0, 0.1) is 0 Å². The first-order valence-electron chi connectivity index (χ1n) is 6.36. The lowest BCUT2D eigenvalue weighted by Gasteiger charge is -2.19. The van der Waals surface area contributed by atoms with E-state index in [9.17, 15) is 4.79 Å². The van der Waals surface area contributed by atoms with E-state index in [0.29, 0.717) is 13.0 Å². The fourth-order valence-electron chi connectivity index (χ4n) is 1.79. The van der Waals surface area contributed by atoms with Crippen LogP contribution >= 0.6 is 0 Å². The van der Waals surface area contributed by atoms with Crippen molar-refractivity contribution in [2.24, 2.45) is 5.73 Å². The molecule has 0 spiro atoms. The van der Waals surface area contributed by atoms with Gasteiger partial charge in [-0.15, -0.1) is 0 Å². The number of nitrogens with zero attached hydrogens (tertiary/aromatic N) is 2. The number of imidazole rings is 1. The van der Waals surface area contributed by atoms with E-state index in [-0.39, 0.29) is 11.5 Å². The van der Waals surface area contributed by atoms with Gasteiger partial charge in [0, 0.05) is 36.8 Å². The van der Waals surface area contributed by atoms with Crippen molar-refractivity contribution in [3.8, 4) is 0 Å². The Morgan fingerprint density at radius 2 is 2.28 bits per heavy atom. The van der Waals surface area contributed by atoms with E-state index < -0.39 is 0 Å². The van der Waals surface area contributed by atoms with Gasteiger partial charge in [0.1, 0.15) is 0 Å². The van der Waals surface area contributed by atoms with Crippen molar-refractivity contribution in [2.45, 2.75) is 52.1 Å². The summed E-state index contributed by atoms with van der Waals surface area (Å²) in [6, 6.07) is 0. The summed E-state index contributed by atoms with van der Waals surface area (Å²) in [5, 5.41) is 0. The molecule has 1 heterocycles. The summed E-state index contributed by atoms with van der Waals surface area (Å²) in [6.45, 7) is 7.00. The fourth-order valence-corrected chi connectivity index (χ4v) is 1.79. The Morgan fingerprint density at radius 1 is 1.56 bits per heavy atom. The minimum absolute atomic E-state index is 0.140. The zero-order chi connectivity index (χ0) is 13.6. The van der Waals surface area contributed by atoms with Crippen LogP contribution in [0.25, 0.3) is 0 Å². The van der Waals surface area contributed by atoms with Crippen molar-refractivity contribution in [3.63, 3.8) is 0 Å². The smallest absolute Gasteiger partial charge is 0.305 e. The lowest BCUT2D eigenvalue weighted by atomic mass is 10.0. The number of aromatic nitrogens is 2. The summed E-state index contributed by atoms with van der Waals surface area (Å²) in [5.41, 5.74) is 6.85. The van der Waals surface area contributed by atoms with Crippen LogP contribution in [0.1, 0.15) is 39.3 Å². The molecule has 2 N–H and O–H groups in total. The Hall–Kier alpha value is -1.36. The molecule has 102 valence electrons. The van der Waals surface area contributed by atoms with E-state index in [4.69, 9.17) is 10.5 Å². The number of hydrogen-bond acceptors (Lipinski definition) is 4. The van der Waals surface area contributed by atoms with E-state index >= 15 is 0 Å². The fraction of sp³-hybridized carbons (Fsp3) is 0.692. The molecule has 0 aromatic carbocycles. The highest BCUT2D eigenvalue weighted by molar-refractivity contribution is 5.69. The molecule has 1 aromatic heterocycles. The molecule has 5 heteroatoms. The van der Waals surface area contributed by atoms with Gasteiger partial charge in [-0.3, -0.25) is 4.79 Å². The second-order valence-corrected chi connectivity index (χ2v) is 5.15. The van der Waals surface area contributed by atoms with Gasteiger partial charge in [0.15, 0.2) is 0 Å². The molecule has 0 unspecified atom stereocenters. The van der Waals surface area contributed by atoms with Crippen molar-refractivity contribution in [2.75, 3.05) is 6.61 Å². The van der Waals surface area contributed by atoms with Crippen LogP contribution in [0.3, 0.4) is 0 Å². The third-order valence-electron chi connectivity index (χ3n) is 2.52. The molecule has 18 heavy (non-hydrogen) atoms. The summed E-state index contributed by atoms with van der Waals surface area (Å²) < 4.78 is 6.94. The molecule has 0 radical (unpaired) electrons. The van der Waals surface area contributed by atoms with Crippen LogP contribution in [-0.2, 0) is 22.5 Å². The Bertz CT molecular complexity index is 380. The summed E-state index contributed by atoms with van der Waals surface area (Å²) in [5.74, 6) is -0.140. The van der Waals surface area contributed by atoms with E-state index in [1.54, 1.807) is 6.33 Å². The zero-order valence-corrected chi connectivity index (χ0v) is 11.5. The Labute approximate surface area is 108 Å². The van der Waals surface area contributed by atoms with Gasteiger partial charge in [-0.05, 0) is 27.2 Å². The highest BCUT2D eigenvalue weighted by Crippen LogP contribution is 2.10. The molecule has 0 aliphatic rings. The topological polar surface area (TPSA) is 70.1 Å². The van der Waals surface area contributed by atoms with Crippen molar-refractivity contribution in [1.29, 1.82) is 0 Å². The van der Waals surface area contributed by atoms with Gasteiger partial charge in [-0.2, -0.15) is 0 Å². The Balaban J connectivity index is 2.43. The van der Waals surface area contributed by atoms with Gasteiger partial charge >= 0.3 is 5.97 Å². The third kappa shape index (κ3) is 5.31. The standard InChI is InChI=1S/C13H23N3O2/c1-4-18-12(17)6-5-7-16-10-15-9-11(16)8-13(2,3)14/h9-10H,4-8,14H2,1-3H3. The van der Waals surface area contributed by atoms with E-state index in [1.165, 1.54) is 0 Å². The van der Waals surface area contributed by atoms with Crippen LogP contribution in [0.15, 0.2) is 12.5 Å². The minimum Gasteiger partial charge on any atom is -0.466 e. The van der Waals surface area contributed by atoms with Crippen LogP contribution < -0.4 is 5.73 Å². The number of rotatable bonds is 7. The molecule has 0 saturated carbocycles. The van der Waals surface area contributed by atoms with Crippen LogP contribution in [0.5, 0.6) is 0 Å². The van der Waals surface area contributed by atoms with Crippen LogP contribution in [-0.4, -0.2) is 27.7 Å². The van der Waals surface area contributed by atoms with Gasteiger partial charge in [0.25, 0.3) is 0 Å². The second-order valence-electron chi connectivity index (χ2n) is 5.15. The molecule has 1 aromatic rings. The predicted molar refractivity (Wildman–Crippen MR) is 70.1 cm³/mol. The molecule has 0 atom stereocenters. The number of aryl methyl sites for hydroxylation is 1. The number of nitrogens with two attached hydrogens (primary N) is 1. The minimum atomic E-state index is -0.251. The van der Waals surface area contributed by atoms with Crippen molar-refractivity contribution in [1.82, 2.24) is 9.55 Å². The van der Waals surface area contributed by atoms with E-state index in [1.807, 2.05) is 31.5 Å². The van der Waals surface area contributed by atoms with E-state index in [2.05, 4.69) is 4.98 Å². The molecular formula is C13H23N3O2. The molecule has 5 nitrogen and oxygen atoms in total. The lowest BCUT2D eigenvalue weighted by Crippen LogP contribution is -2.35. The largest absolute Gasteiger partial charge is 0.466 e. The van der Waals surface area contributed by atoms with E-state index in [0.717, 1.165) is 25.1 Å². The van der Waals surface area contributed by atoms with Crippen molar-refractivity contribution >= 4 is 5.97 Å². The summed E-state index contributed by atoms with van der Waals surface area (Å²) in [6.07, 6.45) is 5.59. The number of ether oxygens (including phenoxy) is 1. The average Bonchev–Trinajstić information content (AvgIpc) is 2.63. The first-order chi connectivity index (χ1) is 8.42. The normalized spacial score (nSPS) is 11.6. The molecule has 0 fully saturated rings. The molecule has 0 aliphatic carbocycles. The quantitative estimate of drug-likeness (QED) is 0.748. The number of carbonyl (C=O) groups excluding carboxylic acids is 1. The van der Waals surface area contributed by atoms with Crippen molar-refractivity contribution in [3.05, 3.63) is 18.2 Å². The summed E-state index contributed by atoms with van der Waals surface area (Å²) in [7, 11) is 0. The van der Waals surface area contributed by atoms with Gasteiger partial charge in [0.05, 0.1) is 12.9 Å². The maximum atomic E-state index is 11.2. The van der Waals surface area contributed by atoms with Crippen LogP contribution in [0.4, 0.5) is 0 Å². The molecule has 0 saturated heterocycles. The van der Waals surface area contributed by atoms with Gasteiger partial charge in [0.2, 0.25) is 0 Å². The number of carbonyl (C=O) groups is 1. The third-order valence-corrected chi connectivity index (χ3v) is 2.52. The average molecular weight is 253 g/mol. The molecular weight excluding hydrogens is 230 g/mol. The Kier molecular flexibility index (Phi) is 5.34. The van der Waals surface area contributed by atoms with Gasteiger partial charge < -0.3 is 15.0 Å². The highest BCUT2D eigenvalue weighted by atomic mass is 16.5. The SMILES string of the molecule is CCOC(=O)CCCn1cncc1CC(C)(C)N. The maximum absolute atomic E-state index is 11.2. The Morgan fingerprint density at radius 3 is 2.89 bits per heavy atom. The summed E-state index contributed by atoms with van der Waals surface area (Å²) in [4.78, 5) is 15.3. The number of hydrogen-bond donors (Lipinski definition) is 1. The first-order valence-corrected chi connectivity index (χ1v) is 6.36. The molecule has 0 aliphatic heterocycles. The summed E-state index contributed by atoms with van der Waals surface area (Å²) >= 11 is 0. The zero-order valence-electron chi connectivity index (χ0n) is 11.5. The number of esters is 1.